The Hall–Kier alpha value is -2.55. The largest absolute Gasteiger partial charge is 0.493 e. The molecule has 0 aliphatic rings. The molecule has 3 rings (SSSR count). The third-order valence-electron chi connectivity index (χ3n) is 6.75. The summed E-state index contributed by atoms with van der Waals surface area (Å²) in [5.74, 6) is 0.983. The van der Waals surface area contributed by atoms with Gasteiger partial charge < -0.3 is 9.47 Å². The number of hydrogen-bond donors (Lipinski definition) is 0. The van der Waals surface area contributed by atoms with Crippen LogP contribution in [0, 0.1) is 0 Å². The van der Waals surface area contributed by atoms with Crippen molar-refractivity contribution in [2.75, 3.05) is 13.2 Å². The smallest absolute Gasteiger partial charge is 0.305 e. The monoisotopic (exact) mass is 476 g/mol. The van der Waals surface area contributed by atoms with Crippen LogP contribution in [0.4, 0.5) is 0 Å². The lowest BCUT2D eigenvalue weighted by molar-refractivity contribution is -0.143. The minimum absolute atomic E-state index is 0.0189. The molecule has 0 amide bonds. The maximum Gasteiger partial charge on any atom is 0.305 e. The average Bonchev–Trinajstić information content (AvgIpc) is 2.88. The lowest BCUT2D eigenvalue weighted by atomic mass is 10.0. The lowest BCUT2D eigenvalue weighted by Crippen LogP contribution is -2.05. The summed E-state index contributed by atoms with van der Waals surface area (Å²) >= 11 is 0. The van der Waals surface area contributed by atoms with Crippen LogP contribution in [0.1, 0.15) is 96.8 Å². The Balaban J connectivity index is 1.17. The lowest BCUT2D eigenvalue weighted by Gasteiger charge is -2.10. The van der Waals surface area contributed by atoms with Crippen molar-refractivity contribution in [3.8, 4) is 5.75 Å². The first-order valence-corrected chi connectivity index (χ1v) is 14.0. The Morgan fingerprint density at radius 1 is 0.629 bits per heavy atom. The van der Waals surface area contributed by atoms with Crippen molar-refractivity contribution in [2.45, 2.75) is 96.8 Å². The molecular formula is C32H44O3. The molecule has 0 atom stereocenters. The number of fused-ring (bicyclic) bond motifs is 2. The third kappa shape index (κ3) is 9.92. The highest BCUT2D eigenvalue weighted by Gasteiger charge is 2.05. The fourth-order valence-corrected chi connectivity index (χ4v) is 4.61. The van der Waals surface area contributed by atoms with Crippen LogP contribution >= 0.6 is 0 Å². The van der Waals surface area contributed by atoms with Gasteiger partial charge in [0.15, 0.2) is 0 Å². The molecule has 0 unspecified atom stereocenters. The van der Waals surface area contributed by atoms with Crippen molar-refractivity contribution < 1.29 is 14.3 Å². The number of benzene rings is 3. The van der Waals surface area contributed by atoms with E-state index in [9.17, 15) is 4.79 Å². The number of ether oxygens (including phenoxy) is 2. The van der Waals surface area contributed by atoms with Crippen LogP contribution in [0.15, 0.2) is 54.6 Å². The number of rotatable bonds is 18. The molecule has 0 bridgehead atoms. The first-order valence-electron chi connectivity index (χ1n) is 14.0. The maximum absolute atomic E-state index is 11.6. The highest BCUT2D eigenvalue weighted by atomic mass is 16.5. The summed E-state index contributed by atoms with van der Waals surface area (Å²) in [7, 11) is 0. The normalized spacial score (nSPS) is 11.2. The van der Waals surface area contributed by atoms with Crippen molar-refractivity contribution in [1.29, 1.82) is 0 Å². The van der Waals surface area contributed by atoms with Crippen molar-refractivity contribution in [1.82, 2.24) is 0 Å². The van der Waals surface area contributed by atoms with Crippen molar-refractivity contribution in [3.63, 3.8) is 0 Å². The van der Waals surface area contributed by atoms with E-state index in [1.807, 2.05) is 0 Å². The molecule has 3 aromatic rings. The average molecular weight is 477 g/mol. The van der Waals surface area contributed by atoms with E-state index in [1.54, 1.807) is 0 Å². The second kappa shape index (κ2) is 16.2. The Morgan fingerprint density at radius 3 is 1.91 bits per heavy atom. The molecule has 0 aliphatic heterocycles. The van der Waals surface area contributed by atoms with Gasteiger partial charge in [0.1, 0.15) is 5.75 Å². The van der Waals surface area contributed by atoms with Gasteiger partial charge in [-0.1, -0.05) is 108 Å². The van der Waals surface area contributed by atoms with Crippen LogP contribution in [0.5, 0.6) is 5.75 Å². The van der Waals surface area contributed by atoms with E-state index >= 15 is 0 Å². The number of carbonyl (C=O) groups excluding carboxylic acids is 1. The quantitative estimate of drug-likeness (QED) is 0.104. The summed E-state index contributed by atoms with van der Waals surface area (Å²) < 4.78 is 11.4. The van der Waals surface area contributed by atoms with Gasteiger partial charge in [-0.3, -0.25) is 4.79 Å². The van der Waals surface area contributed by atoms with Crippen LogP contribution in [0.3, 0.4) is 0 Å². The molecular weight excluding hydrogens is 432 g/mol. The third-order valence-corrected chi connectivity index (χ3v) is 6.75. The second-order valence-electron chi connectivity index (χ2n) is 9.74. The molecule has 3 nitrogen and oxygen atoms in total. The van der Waals surface area contributed by atoms with Gasteiger partial charge in [-0.25, -0.2) is 0 Å². The van der Waals surface area contributed by atoms with Gasteiger partial charge in [-0.2, -0.15) is 0 Å². The van der Waals surface area contributed by atoms with Gasteiger partial charge in [0.2, 0.25) is 0 Å². The topological polar surface area (TPSA) is 35.5 Å². The first-order chi connectivity index (χ1) is 17.3. The molecule has 0 saturated heterocycles. The van der Waals surface area contributed by atoms with Crippen molar-refractivity contribution in [3.05, 3.63) is 54.6 Å². The molecule has 0 N–H and O–H groups in total. The molecule has 35 heavy (non-hydrogen) atoms. The number of carbonyl (C=O) groups is 1. The van der Waals surface area contributed by atoms with E-state index in [0.29, 0.717) is 13.0 Å². The fourth-order valence-electron chi connectivity index (χ4n) is 4.61. The predicted octanol–water partition coefficient (Wildman–Crippen LogP) is 9.40. The van der Waals surface area contributed by atoms with E-state index in [2.05, 4.69) is 61.5 Å². The van der Waals surface area contributed by atoms with Crippen LogP contribution in [-0.4, -0.2) is 19.2 Å². The summed E-state index contributed by atoms with van der Waals surface area (Å²) in [6.07, 6.45) is 16.3. The Labute approximate surface area is 212 Å². The van der Waals surface area contributed by atoms with E-state index in [-0.39, 0.29) is 5.97 Å². The number of hydrogen-bond acceptors (Lipinski definition) is 3. The summed E-state index contributed by atoms with van der Waals surface area (Å²) in [5, 5.41) is 4.99. The summed E-state index contributed by atoms with van der Waals surface area (Å²) in [4.78, 5) is 11.6. The SMILES string of the molecule is CCCCOC(=O)CCCCCCCCCCCCCOc1cccc2cc3ccccc3cc12. The van der Waals surface area contributed by atoms with Gasteiger partial charge in [0.25, 0.3) is 0 Å². The zero-order valence-electron chi connectivity index (χ0n) is 21.7. The molecule has 0 fully saturated rings. The van der Waals surface area contributed by atoms with Crippen molar-refractivity contribution >= 4 is 27.5 Å². The Morgan fingerprint density at radius 2 is 1.23 bits per heavy atom. The Bertz CT molecular complexity index is 1010. The zero-order valence-corrected chi connectivity index (χ0v) is 21.7. The molecule has 0 spiro atoms. The molecule has 190 valence electrons. The van der Waals surface area contributed by atoms with Crippen LogP contribution < -0.4 is 4.74 Å². The molecule has 3 heteroatoms. The van der Waals surface area contributed by atoms with Crippen LogP contribution in [0.25, 0.3) is 21.5 Å². The van der Waals surface area contributed by atoms with Gasteiger partial charge in [-0.15, -0.1) is 0 Å². The van der Waals surface area contributed by atoms with Crippen molar-refractivity contribution in [2.24, 2.45) is 0 Å². The van der Waals surface area contributed by atoms with Gasteiger partial charge >= 0.3 is 5.97 Å². The number of unbranched alkanes of at least 4 members (excludes halogenated alkanes) is 11. The molecule has 3 aromatic carbocycles. The van der Waals surface area contributed by atoms with E-state index in [1.165, 1.54) is 72.9 Å². The van der Waals surface area contributed by atoms with Crippen LogP contribution in [0.2, 0.25) is 0 Å². The summed E-state index contributed by atoms with van der Waals surface area (Å²) in [6, 6.07) is 19.4. The fraction of sp³-hybridized carbons (Fsp3) is 0.531. The first kappa shape index (κ1) is 27.0. The molecule has 0 heterocycles. The van der Waals surface area contributed by atoms with Gasteiger partial charge in [0.05, 0.1) is 13.2 Å². The minimum atomic E-state index is -0.0189. The van der Waals surface area contributed by atoms with E-state index < -0.39 is 0 Å². The zero-order chi connectivity index (χ0) is 24.6. The predicted molar refractivity (Wildman–Crippen MR) is 148 cm³/mol. The molecule has 0 radical (unpaired) electrons. The highest BCUT2D eigenvalue weighted by molar-refractivity contribution is 6.00. The molecule has 0 aromatic heterocycles. The summed E-state index contributed by atoms with van der Waals surface area (Å²) in [6.45, 7) is 3.49. The maximum atomic E-state index is 11.6. The molecule has 0 aliphatic carbocycles. The van der Waals surface area contributed by atoms with Gasteiger partial charge in [-0.05, 0) is 53.6 Å². The van der Waals surface area contributed by atoms with E-state index in [4.69, 9.17) is 9.47 Å². The minimum Gasteiger partial charge on any atom is -0.493 e. The van der Waals surface area contributed by atoms with E-state index in [0.717, 1.165) is 44.5 Å². The second-order valence-corrected chi connectivity index (χ2v) is 9.74. The number of esters is 1. The standard InChI is InChI=1S/C32H44O3/c1-2-3-23-35-32(33)22-13-11-9-7-5-4-6-8-10-12-16-24-34-31-21-17-20-29-25-27-18-14-15-19-28(27)26-30(29)31/h14-15,17-21,25-26H,2-13,16,22-24H2,1H3. The Kier molecular flexibility index (Phi) is 12.5. The van der Waals surface area contributed by atoms with Gasteiger partial charge in [0, 0.05) is 11.8 Å². The molecule has 0 saturated carbocycles. The van der Waals surface area contributed by atoms with Crippen LogP contribution in [-0.2, 0) is 9.53 Å². The summed E-state index contributed by atoms with van der Waals surface area (Å²) in [5.41, 5.74) is 0. The highest BCUT2D eigenvalue weighted by Crippen LogP contribution is 2.30.